The summed E-state index contributed by atoms with van der Waals surface area (Å²) in [5.41, 5.74) is 1.28. The van der Waals surface area contributed by atoms with Gasteiger partial charge in [0, 0.05) is 36.3 Å². The summed E-state index contributed by atoms with van der Waals surface area (Å²) in [6, 6.07) is 5.54. The number of aromatic nitrogens is 3. The van der Waals surface area contributed by atoms with Crippen LogP contribution in [0, 0.1) is 12.7 Å². The zero-order chi connectivity index (χ0) is 20.6. The monoisotopic (exact) mass is 435 g/mol. The minimum absolute atomic E-state index is 0.0608. The number of nitrogens with one attached hydrogen (secondary N) is 2. The van der Waals surface area contributed by atoms with E-state index >= 15 is 0 Å². The molecule has 3 heterocycles. The molecule has 11 heteroatoms. The molecular weight excluding hydrogens is 417 g/mol. The number of H-pyrrole nitrogens is 1. The summed E-state index contributed by atoms with van der Waals surface area (Å²) in [4.78, 5) is 16.2. The van der Waals surface area contributed by atoms with Gasteiger partial charge in [-0.2, -0.15) is 9.40 Å². The Bertz CT molecular complexity index is 1140. The normalized spacial score (nSPS) is 17.5. The average molecular weight is 436 g/mol. The molecule has 1 aliphatic rings. The first-order valence-electron chi connectivity index (χ1n) is 8.87. The third-order valence-electron chi connectivity index (χ3n) is 4.85. The van der Waals surface area contributed by atoms with E-state index in [2.05, 4.69) is 20.5 Å². The summed E-state index contributed by atoms with van der Waals surface area (Å²) in [6.45, 7) is 2.12. The summed E-state index contributed by atoms with van der Waals surface area (Å²) in [5, 5.41) is 11.7. The number of aromatic amines is 1. The van der Waals surface area contributed by atoms with Gasteiger partial charge in [0.05, 0.1) is 4.90 Å². The van der Waals surface area contributed by atoms with Crippen LogP contribution in [-0.4, -0.2) is 46.9 Å². The van der Waals surface area contributed by atoms with E-state index in [-0.39, 0.29) is 29.0 Å². The van der Waals surface area contributed by atoms with Crippen LogP contribution < -0.4 is 5.32 Å². The van der Waals surface area contributed by atoms with Gasteiger partial charge in [-0.25, -0.2) is 17.8 Å². The predicted molar refractivity (Wildman–Crippen MR) is 106 cm³/mol. The van der Waals surface area contributed by atoms with Gasteiger partial charge in [0.15, 0.2) is 10.8 Å². The lowest BCUT2D eigenvalue weighted by Gasteiger charge is -2.16. The van der Waals surface area contributed by atoms with Crippen LogP contribution in [0.15, 0.2) is 40.7 Å². The largest absolute Gasteiger partial charge is 0.296 e. The maximum absolute atomic E-state index is 13.8. The average Bonchev–Trinajstić information content (AvgIpc) is 3.44. The third kappa shape index (κ3) is 3.93. The quantitative estimate of drug-likeness (QED) is 0.641. The second kappa shape index (κ2) is 7.65. The zero-order valence-corrected chi connectivity index (χ0v) is 17.1. The number of thiazole rings is 1. The molecule has 1 saturated heterocycles. The van der Waals surface area contributed by atoms with Gasteiger partial charge in [0.25, 0.3) is 5.91 Å². The number of carbonyl (C=O) groups is 1. The van der Waals surface area contributed by atoms with E-state index in [1.54, 1.807) is 24.6 Å². The lowest BCUT2D eigenvalue weighted by Crippen LogP contribution is -2.28. The van der Waals surface area contributed by atoms with Crippen molar-refractivity contribution in [1.29, 1.82) is 0 Å². The number of anilines is 1. The Labute approximate surface area is 170 Å². The van der Waals surface area contributed by atoms with Gasteiger partial charge >= 0.3 is 0 Å². The fraction of sp³-hybridized carbons (Fsp3) is 0.278. The number of amides is 1. The molecule has 1 aliphatic heterocycles. The van der Waals surface area contributed by atoms with E-state index in [9.17, 15) is 17.6 Å². The van der Waals surface area contributed by atoms with E-state index in [1.165, 1.54) is 27.8 Å². The summed E-state index contributed by atoms with van der Waals surface area (Å²) in [5.74, 6) is -1.07. The molecule has 152 valence electrons. The van der Waals surface area contributed by atoms with E-state index in [0.717, 1.165) is 6.07 Å². The molecule has 0 radical (unpaired) electrons. The molecule has 1 aromatic carbocycles. The van der Waals surface area contributed by atoms with Crippen LogP contribution in [0.1, 0.15) is 34.1 Å². The number of halogens is 1. The Morgan fingerprint density at radius 3 is 2.93 bits per heavy atom. The smallest absolute Gasteiger partial charge is 0.277 e. The Kier molecular flexibility index (Phi) is 5.19. The van der Waals surface area contributed by atoms with Crippen LogP contribution in [0.25, 0.3) is 0 Å². The third-order valence-corrected chi connectivity index (χ3v) is 7.40. The molecule has 3 aromatic rings. The lowest BCUT2D eigenvalue weighted by molar-refractivity contribution is 0.102. The first kappa shape index (κ1) is 19.7. The van der Waals surface area contributed by atoms with Crippen LogP contribution in [-0.2, 0) is 10.0 Å². The van der Waals surface area contributed by atoms with E-state index in [4.69, 9.17) is 0 Å². The highest BCUT2D eigenvalue weighted by molar-refractivity contribution is 7.89. The van der Waals surface area contributed by atoms with Crippen molar-refractivity contribution >= 4 is 32.4 Å². The number of rotatable bonds is 5. The number of sulfonamides is 1. The van der Waals surface area contributed by atoms with E-state index in [1.807, 2.05) is 0 Å². The summed E-state index contributed by atoms with van der Waals surface area (Å²) in [7, 11) is -3.79. The number of benzene rings is 1. The Balaban J connectivity index is 1.46. The fourth-order valence-corrected chi connectivity index (χ4v) is 5.23. The van der Waals surface area contributed by atoms with Gasteiger partial charge in [-0.15, -0.1) is 11.3 Å². The molecule has 0 aliphatic carbocycles. The molecule has 2 N–H and O–H groups in total. The molecule has 0 unspecified atom stereocenters. The van der Waals surface area contributed by atoms with Gasteiger partial charge in [0.2, 0.25) is 10.0 Å². The van der Waals surface area contributed by atoms with Gasteiger partial charge in [-0.05, 0) is 37.1 Å². The summed E-state index contributed by atoms with van der Waals surface area (Å²) >= 11 is 1.30. The molecule has 1 atom stereocenters. The van der Waals surface area contributed by atoms with Crippen LogP contribution in [0.2, 0.25) is 0 Å². The maximum atomic E-state index is 13.8. The van der Waals surface area contributed by atoms with Crippen molar-refractivity contribution in [2.24, 2.45) is 0 Å². The van der Waals surface area contributed by atoms with Crippen molar-refractivity contribution in [3.05, 3.63) is 58.6 Å². The van der Waals surface area contributed by atoms with E-state index < -0.39 is 15.8 Å². The van der Waals surface area contributed by atoms with E-state index in [0.29, 0.717) is 29.4 Å². The van der Waals surface area contributed by atoms with Crippen LogP contribution in [0.5, 0.6) is 0 Å². The predicted octanol–water partition coefficient (Wildman–Crippen LogP) is 2.74. The molecule has 1 amide bonds. The van der Waals surface area contributed by atoms with Crippen molar-refractivity contribution in [2.75, 3.05) is 18.4 Å². The number of hydrogen-bond donors (Lipinski definition) is 2. The molecule has 1 fully saturated rings. The Morgan fingerprint density at radius 1 is 1.38 bits per heavy atom. The fourth-order valence-electron chi connectivity index (χ4n) is 3.19. The van der Waals surface area contributed by atoms with Crippen LogP contribution >= 0.6 is 11.3 Å². The lowest BCUT2D eigenvalue weighted by atomic mass is 10.1. The maximum Gasteiger partial charge on any atom is 0.277 e. The molecule has 2 aromatic heterocycles. The SMILES string of the molecule is Cc1ccc(S(=O)(=O)N2CC[C@H](c3cc(C(=O)Nc4nccs4)n[nH]3)C2)cc1F. The van der Waals surface area contributed by atoms with Crippen LogP contribution in [0.4, 0.5) is 9.52 Å². The molecule has 0 spiro atoms. The molecule has 0 saturated carbocycles. The first-order valence-corrected chi connectivity index (χ1v) is 11.2. The minimum Gasteiger partial charge on any atom is -0.296 e. The molecule has 4 rings (SSSR count). The number of carbonyl (C=O) groups excluding carboxylic acids is 1. The van der Waals surface area contributed by atoms with Crippen molar-refractivity contribution in [3.8, 4) is 0 Å². The number of aryl methyl sites for hydroxylation is 1. The van der Waals surface area contributed by atoms with Crippen molar-refractivity contribution in [1.82, 2.24) is 19.5 Å². The van der Waals surface area contributed by atoms with Gasteiger partial charge < -0.3 is 0 Å². The topological polar surface area (TPSA) is 108 Å². The number of nitrogens with zero attached hydrogens (tertiary/aromatic N) is 3. The highest BCUT2D eigenvalue weighted by Crippen LogP contribution is 2.31. The Morgan fingerprint density at radius 2 is 2.21 bits per heavy atom. The van der Waals surface area contributed by atoms with Crippen molar-refractivity contribution < 1.29 is 17.6 Å². The molecule has 0 bridgehead atoms. The van der Waals surface area contributed by atoms with Crippen molar-refractivity contribution in [3.63, 3.8) is 0 Å². The van der Waals surface area contributed by atoms with Gasteiger partial charge in [0.1, 0.15) is 5.82 Å². The van der Waals surface area contributed by atoms with Crippen LogP contribution in [0.3, 0.4) is 0 Å². The second-order valence-corrected chi connectivity index (χ2v) is 9.59. The van der Waals surface area contributed by atoms with Gasteiger partial charge in [-0.3, -0.25) is 15.2 Å². The minimum atomic E-state index is -3.79. The summed E-state index contributed by atoms with van der Waals surface area (Å²) < 4.78 is 40.8. The molecule has 29 heavy (non-hydrogen) atoms. The molecular formula is C18H18FN5O3S2. The number of hydrogen-bond acceptors (Lipinski definition) is 6. The Hall–Kier alpha value is -2.63. The highest BCUT2D eigenvalue weighted by Gasteiger charge is 2.34. The second-order valence-electron chi connectivity index (χ2n) is 6.76. The van der Waals surface area contributed by atoms with Crippen molar-refractivity contribution in [2.45, 2.75) is 24.2 Å². The standard InChI is InChI=1S/C18H18FN5O3S2/c1-11-2-3-13(8-14(11)19)29(26,27)24-6-4-12(10-24)15-9-16(23-22-15)17(25)21-18-20-5-7-28-18/h2-3,5,7-9,12H,4,6,10H2,1H3,(H,22,23)(H,20,21,25)/t12-/m0/s1. The van der Waals surface area contributed by atoms with Gasteiger partial charge in [-0.1, -0.05) is 6.07 Å². The highest BCUT2D eigenvalue weighted by atomic mass is 32.2. The molecule has 8 nitrogen and oxygen atoms in total. The first-order chi connectivity index (χ1) is 13.8. The zero-order valence-electron chi connectivity index (χ0n) is 15.4. The summed E-state index contributed by atoms with van der Waals surface area (Å²) in [6.07, 6.45) is 2.16.